The predicted molar refractivity (Wildman–Crippen MR) is 112 cm³/mol. The molecule has 0 radical (unpaired) electrons. The molecule has 0 fully saturated rings. The van der Waals surface area contributed by atoms with Gasteiger partial charge in [0.2, 0.25) is 5.91 Å². The van der Waals surface area contributed by atoms with E-state index in [2.05, 4.69) is 26.8 Å². The molecule has 1 atom stereocenters. The number of carbonyl (C=O) groups excluding carboxylic acids is 1. The van der Waals surface area contributed by atoms with Gasteiger partial charge in [-0.2, -0.15) is 10.4 Å². The molecule has 0 aliphatic carbocycles. The van der Waals surface area contributed by atoms with Gasteiger partial charge in [0.25, 0.3) is 0 Å². The number of fused-ring (bicyclic) bond motifs is 1. The molecule has 3 aromatic rings. The smallest absolute Gasteiger partial charge is 0.216 e. The number of anilines is 1. The van der Waals surface area contributed by atoms with Gasteiger partial charge in [0.05, 0.1) is 29.6 Å². The molecule has 3 aromatic heterocycles. The molecular formula is C21H24N6O3. The fraction of sp³-hybridized carbons (Fsp3) is 0.333. The summed E-state index contributed by atoms with van der Waals surface area (Å²) in [7, 11) is 1.63. The van der Waals surface area contributed by atoms with Crippen molar-refractivity contribution in [3.8, 4) is 22.9 Å². The minimum atomic E-state index is -0.0692. The van der Waals surface area contributed by atoms with Gasteiger partial charge in [0.1, 0.15) is 24.2 Å². The van der Waals surface area contributed by atoms with Gasteiger partial charge in [0.15, 0.2) is 0 Å². The van der Waals surface area contributed by atoms with Gasteiger partial charge in [0, 0.05) is 44.4 Å². The third-order valence-corrected chi connectivity index (χ3v) is 4.47. The maximum absolute atomic E-state index is 10.9. The topological polar surface area (TPSA) is 114 Å². The summed E-state index contributed by atoms with van der Waals surface area (Å²) in [5.41, 5.74) is 2.79. The number of nitrogens with zero attached hydrogens (tertiary/aromatic N) is 4. The molecular weight excluding hydrogens is 384 g/mol. The number of hydrogen-bond donors (Lipinski definition) is 2. The average Bonchev–Trinajstić information content (AvgIpc) is 3.18. The van der Waals surface area contributed by atoms with Crippen LogP contribution < -0.4 is 15.4 Å². The van der Waals surface area contributed by atoms with Crippen LogP contribution in [0.25, 0.3) is 16.6 Å². The average molecular weight is 408 g/mol. The quantitative estimate of drug-likeness (QED) is 0.522. The number of rotatable bonds is 9. The first-order valence-corrected chi connectivity index (χ1v) is 9.53. The highest BCUT2D eigenvalue weighted by atomic mass is 16.5. The molecule has 2 N–H and O–H groups in total. The first-order chi connectivity index (χ1) is 14.5. The van der Waals surface area contributed by atoms with Crippen LogP contribution in [-0.2, 0) is 9.53 Å². The molecule has 0 aromatic carbocycles. The third kappa shape index (κ3) is 5.04. The predicted octanol–water partition coefficient (Wildman–Crippen LogP) is 2.23. The third-order valence-electron chi connectivity index (χ3n) is 4.47. The van der Waals surface area contributed by atoms with Gasteiger partial charge in [-0.1, -0.05) is 0 Å². The highest BCUT2D eigenvalue weighted by Crippen LogP contribution is 2.31. The van der Waals surface area contributed by atoms with Gasteiger partial charge in [-0.25, -0.2) is 9.50 Å². The van der Waals surface area contributed by atoms with E-state index in [-0.39, 0.29) is 12.0 Å². The van der Waals surface area contributed by atoms with Gasteiger partial charge in [-0.05, 0) is 25.1 Å². The fourth-order valence-corrected chi connectivity index (χ4v) is 2.85. The molecule has 30 heavy (non-hydrogen) atoms. The first kappa shape index (κ1) is 21.1. The van der Waals surface area contributed by atoms with Gasteiger partial charge < -0.3 is 20.1 Å². The summed E-state index contributed by atoms with van der Waals surface area (Å²) in [6.07, 6.45) is 4.95. The highest BCUT2D eigenvalue weighted by Gasteiger charge is 2.14. The van der Waals surface area contributed by atoms with Crippen LogP contribution >= 0.6 is 0 Å². The Bertz CT molecular complexity index is 1060. The van der Waals surface area contributed by atoms with Crippen molar-refractivity contribution in [2.75, 3.05) is 32.1 Å². The van der Waals surface area contributed by atoms with Crippen molar-refractivity contribution >= 4 is 17.2 Å². The van der Waals surface area contributed by atoms with Crippen LogP contribution in [0.2, 0.25) is 0 Å². The van der Waals surface area contributed by atoms with E-state index in [0.717, 1.165) is 11.1 Å². The van der Waals surface area contributed by atoms with E-state index in [4.69, 9.17) is 9.47 Å². The van der Waals surface area contributed by atoms with Crippen LogP contribution in [0.3, 0.4) is 0 Å². The van der Waals surface area contributed by atoms with Gasteiger partial charge >= 0.3 is 0 Å². The van der Waals surface area contributed by atoms with E-state index in [1.807, 2.05) is 25.1 Å². The van der Waals surface area contributed by atoms with Crippen LogP contribution in [0.15, 0.2) is 36.8 Å². The maximum Gasteiger partial charge on any atom is 0.216 e. The molecule has 0 bridgehead atoms. The number of amides is 1. The monoisotopic (exact) mass is 408 g/mol. The minimum Gasteiger partial charge on any atom is -0.489 e. The highest BCUT2D eigenvalue weighted by molar-refractivity contribution is 5.85. The molecule has 0 aliphatic heterocycles. The molecule has 0 saturated heterocycles. The maximum atomic E-state index is 10.9. The Balaban J connectivity index is 1.86. The molecule has 9 heteroatoms. The Hall–Kier alpha value is -3.64. The zero-order chi connectivity index (χ0) is 21.5. The summed E-state index contributed by atoms with van der Waals surface area (Å²) in [6, 6.07) is 7.82. The number of aromatic nitrogens is 3. The van der Waals surface area contributed by atoms with Crippen LogP contribution in [0.1, 0.15) is 19.4 Å². The summed E-state index contributed by atoms with van der Waals surface area (Å²) in [4.78, 5) is 15.4. The molecule has 156 valence electrons. The number of hydrogen-bond acceptors (Lipinski definition) is 7. The number of nitrogens with one attached hydrogen (secondary N) is 2. The number of nitriles is 1. The number of ether oxygens (including phenoxy) is 2. The van der Waals surface area contributed by atoms with Crippen LogP contribution in [-0.4, -0.2) is 53.4 Å². The van der Waals surface area contributed by atoms with Crippen molar-refractivity contribution < 1.29 is 14.3 Å². The van der Waals surface area contributed by atoms with Crippen molar-refractivity contribution in [3.63, 3.8) is 0 Å². The number of pyridine rings is 2. The molecule has 0 unspecified atom stereocenters. The molecule has 3 heterocycles. The number of carbonyl (C=O) groups is 1. The van der Waals surface area contributed by atoms with Crippen LogP contribution in [0.4, 0.5) is 5.82 Å². The second-order valence-corrected chi connectivity index (χ2v) is 6.75. The summed E-state index contributed by atoms with van der Waals surface area (Å²) in [6.45, 7) is 4.87. The Morgan fingerprint density at radius 1 is 1.33 bits per heavy atom. The van der Waals surface area contributed by atoms with E-state index in [0.29, 0.717) is 42.3 Å². The fourth-order valence-electron chi connectivity index (χ4n) is 2.85. The lowest BCUT2D eigenvalue weighted by Crippen LogP contribution is -2.26. The SMILES string of the molecule is CO[C@H](C)COc1cc(-c2ccc(NCCNC(C)=O)nc2)c2c(C#N)cnn2c1. The molecule has 0 saturated carbocycles. The second-order valence-electron chi connectivity index (χ2n) is 6.75. The Morgan fingerprint density at radius 3 is 2.83 bits per heavy atom. The second kappa shape index (κ2) is 9.71. The summed E-state index contributed by atoms with van der Waals surface area (Å²) >= 11 is 0. The Labute approximate surface area is 174 Å². The van der Waals surface area contributed by atoms with Crippen molar-refractivity contribution in [2.45, 2.75) is 20.0 Å². The van der Waals surface area contributed by atoms with E-state index in [9.17, 15) is 10.1 Å². The standard InChI is InChI=1S/C21H24N6O3/c1-14(29-3)13-30-18-8-19(21-17(9-22)11-26-27(21)12-18)16-4-5-20(25-10-16)24-7-6-23-15(2)28/h4-5,8,10-12,14H,6-7,13H2,1-3H3,(H,23,28)(H,24,25)/t14-/m1/s1. The molecule has 0 aliphatic rings. The summed E-state index contributed by atoms with van der Waals surface area (Å²) in [5, 5.41) is 19.6. The van der Waals surface area contributed by atoms with Crippen molar-refractivity contribution in [2.24, 2.45) is 0 Å². The first-order valence-electron chi connectivity index (χ1n) is 9.53. The lowest BCUT2D eigenvalue weighted by molar-refractivity contribution is -0.118. The molecule has 0 spiro atoms. The van der Waals surface area contributed by atoms with E-state index < -0.39 is 0 Å². The number of methoxy groups -OCH3 is 1. The van der Waals surface area contributed by atoms with Gasteiger partial charge in [-0.15, -0.1) is 0 Å². The summed E-state index contributed by atoms with van der Waals surface area (Å²) < 4.78 is 12.7. The van der Waals surface area contributed by atoms with Crippen molar-refractivity contribution in [3.05, 3.63) is 42.4 Å². The van der Waals surface area contributed by atoms with Gasteiger partial charge in [-0.3, -0.25) is 4.79 Å². The van der Waals surface area contributed by atoms with Crippen molar-refractivity contribution in [1.29, 1.82) is 5.26 Å². The van der Waals surface area contributed by atoms with Crippen LogP contribution in [0, 0.1) is 11.3 Å². The molecule has 9 nitrogen and oxygen atoms in total. The van der Waals surface area contributed by atoms with E-state index in [1.54, 1.807) is 24.0 Å². The Morgan fingerprint density at radius 2 is 2.17 bits per heavy atom. The Kier molecular flexibility index (Phi) is 6.83. The van der Waals surface area contributed by atoms with Crippen molar-refractivity contribution in [1.82, 2.24) is 19.9 Å². The van der Waals surface area contributed by atoms with Crippen LogP contribution in [0.5, 0.6) is 5.75 Å². The zero-order valence-electron chi connectivity index (χ0n) is 17.2. The summed E-state index contributed by atoms with van der Waals surface area (Å²) in [5.74, 6) is 1.24. The lowest BCUT2D eigenvalue weighted by Gasteiger charge is -2.14. The van der Waals surface area contributed by atoms with E-state index in [1.165, 1.54) is 13.1 Å². The lowest BCUT2D eigenvalue weighted by atomic mass is 10.1. The largest absolute Gasteiger partial charge is 0.489 e. The normalized spacial score (nSPS) is 11.7. The minimum absolute atomic E-state index is 0.0547. The molecule has 1 amide bonds. The van der Waals surface area contributed by atoms with E-state index >= 15 is 0 Å². The zero-order valence-corrected chi connectivity index (χ0v) is 17.2. The molecule has 3 rings (SSSR count).